The number of nitrogens with one attached hydrogen (secondary N) is 1. The second kappa shape index (κ2) is 11.2. The molecule has 2 aliphatic rings. The Balaban J connectivity index is 0.00000261. The van der Waals surface area contributed by atoms with E-state index in [-0.39, 0.29) is 42.0 Å². The molecule has 0 aliphatic carbocycles. The minimum atomic E-state index is -0.218. The van der Waals surface area contributed by atoms with Crippen molar-refractivity contribution in [3.05, 3.63) is 35.6 Å². The van der Waals surface area contributed by atoms with E-state index in [1.807, 2.05) is 19.2 Å². The summed E-state index contributed by atoms with van der Waals surface area (Å²) in [6.07, 6.45) is 3.83. The summed E-state index contributed by atoms with van der Waals surface area (Å²) in [6.45, 7) is 8.18. The number of guanidine groups is 1. The van der Waals surface area contributed by atoms with Gasteiger partial charge in [-0.25, -0.2) is 4.39 Å². The van der Waals surface area contributed by atoms with Gasteiger partial charge in [-0.1, -0.05) is 12.1 Å². The van der Waals surface area contributed by atoms with Gasteiger partial charge in [-0.15, -0.1) is 24.0 Å². The lowest BCUT2D eigenvalue weighted by Gasteiger charge is -2.38. The quantitative estimate of drug-likeness (QED) is 0.298. The van der Waals surface area contributed by atoms with E-state index in [4.69, 9.17) is 4.74 Å². The molecule has 1 aromatic carbocycles. The molecule has 152 valence electrons. The maximum atomic E-state index is 13.2. The number of nitrogens with zero attached hydrogens (tertiary/aromatic N) is 3. The summed E-state index contributed by atoms with van der Waals surface area (Å²) in [7, 11) is 1.83. The van der Waals surface area contributed by atoms with E-state index in [1.54, 1.807) is 0 Å². The van der Waals surface area contributed by atoms with Gasteiger partial charge < -0.3 is 19.9 Å². The molecule has 0 aromatic heterocycles. The molecule has 0 bridgehead atoms. The Labute approximate surface area is 179 Å². The summed E-state index contributed by atoms with van der Waals surface area (Å²) in [5.41, 5.74) is 1.01. The largest absolute Gasteiger partial charge is 0.367 e. The lowest BCUT2D eigenvalue weighted by Crippen LogP contribution is -2.51. The normalized spacial score (nSPS) is 24.0. The highest BCUT2D eigenvalue weighted by atomic mass is 127. The second-order valence-corrected chi connectivity index (χ2v) is 7.27. The number of rotatable bonds is 5. The van der Waals surface area contributed by atoms with Crippen LogP contribution in [0.3, 0.4) is 0 Å². The van der Waals surface area contributed by atoms with Crippen molar-refractivity contribution >= 4 is 29.9 Å². The molecule has 0 radical (unpaired) electrons. The van der Waals surface area contributed by atoms with Crippen LogP contribution < -0.4 is 5.32 Å². The van der Waals surface area contributed by atoms with Gasteiger partial charge >= 0.3 is 0 Å². The highest BCUT2D eigenvalue weighted by Gasteiger charge is 2.28. The van der Waals surface area contributed by atoms with Crippen molar-refractivity contribution in [2.75, 3.05) is 46.3 Å². The molecule has 27 heavy (non-hydrogen) atoms. The summed E-state index contributed by atoms with van der Waals surface area (Å²) in [4.78, 5) is 9.24. The Morgan fingerprint density at radius 1 is 1.22 bits per heavy atom. The van der Waals surface area contributed by atoms with E-state index in [2.05, 4.69) is 27.0 Å². The van der Waals surface area contributed by atoms with Gasteiger partial charge in [-0.3, -0.25) is 4.99 Å². The lowest BCUT2D eigenvalue weighted by molar-refractivity contribution is -0.0605. The number of morpholine rings is 1. The minimum Gasteiger partial charge on any atom is -0.367 e. The van der Waals surface area contributed by atoms with Gasteiger partial charge in [0, 0.05) is 20.1 Å². The van der Waals surface area contributed by atoms with E-state index in [0.29, 0.717) is 0 Å². The van der Waals surface area contributed by atoms with Crippen molar-refractivity contribution in [2.24, 2.45) is 4.99 Å². The number of hydrogen-bond donors (Lipinski definition) is 1. The van der Waals surface area contributed by atoms with Crippen LogP contribution in [0.15, 0.2) is 29.3 Å². The third-order valence-electron chi connectivity index (χ3n) is 5.15. The zero-order valence-corrected chi connectivity index (χ0v) is 18.7. The standard InChI is InChI=1S/C20H31FN4O.HI/c1-16-14-25(15-19(26-16)17-6-8-18(21)9-7-17)20(22-2)23-10-5-13-24-11-3-4-12-24;/h6-9,16,19H,3-5,10-15H2,1-2H3,(H,22,23);1H. The van der Waals surface area contributed by atoms with Crippen LogP contribution >= 0.6 is 24.0 Å². The van der Waals surface area contributed by atoms with Crippen molar-refractivity contribution in [1.82, 2.24) is 15.1 Å². The van der Waals surface area contributed by atoms with Gasteiger partial charge in [0.05, 0.1) is 12.6 Å². The summed E-state index contributed by atoms with van der Waals surface area (Å²) in [6, 6.07) is 6.60. The first-order valence-corrected chi connectivity index (χ1v) is 9.74. The predicted molar refractivity (Wildman–Crippen MR) is 118 cm³/mol. The Kier molecular flexibility index (Phi) is 9.25. The first-order valence-electron chi connectivity index (χ1n) is 9.74. The van der Waals surface area contributed by atoms with Gasteiger partial charge in [-0.2, -0.15) is 0 Å². The first-order chi connectivity index (χ1) is 12.7. The molecule has 0 amide bonds. The highest BCUT2D eigenvalue weighted by molar-refractivity contribution is 14.0. The van der Waals surface area contributed by atoms with Crippen LogP contribution in [-0.4, -0.2) is 68.2 Å². The zero-order valence-electron chi connectivity index (χ0n) is 16.4. The maximum absolute atomic E-state index is 13.2. The molecule has 5 nitrogen and oxygen atoms in total. The van der Waals surface area contributed by atoms with Crippen LogP contribution in [0.25, 0.3) is 0 Å². The minimum absolute atomic E-state index is 0. The smallest absolute Gasteiger partial charge is 0.193 e. The van der Waals surface area contributed by atoms with E-state index in [0.717, 1.165) is 44.1 Å². The Morgan fingerprint density at radius 2 is 1.93 bits per heavy atom. The van der Waals surface area contributed by atoms with Crippen LogP contribution in [0.2, 0.25) is 0 Å². The molecule has 1 aromatic rings. The van der Waals surface area contributed by atoms with Gasteiger partial charge in [0.25, 0.3) is 0 Å². The van der Waals surface area contributed by atoms with E-state index in [1.165, 1.54) is 38.1 Å². The molecular weight excluding hydrogens is 458 g/mol. The molecule has 0 saturated carbocycles. The molecule has 2 unspecified atom stereocenters. The summed E-state index contributed by atoms with van der Waals surface area (Å²) in [5.74, 6) is 0.707. The third kappa shape index (κ3) is 6.57. The highest BCUT2D eigenvalue weighted by Crippen LogP contribution is 2.25. The Hall–Kier alpha value is -0.930. The van der Waals surface area contributed by atoms with Gasteiger partial charge in [-0.05, 0) is 63.5 Å². The van der Waals surface area contributed by atoms with E-state index < -0.39 is 0 Å². The molecule has 1 N–H and O–H groups in total. The van der Waals surface area contributed by atoms with E-state index >= 15 is 0 Å². The monoisotopic (exact) mass is 490 g/mol. The average molecular weight is 490 g/mol. The Bertz CT molecular complexity index is 592. The number of hydrogen-bond acceptors (Lipinski definition) is 3. The number of benzene rings is 1. The molecule has 2 aliphatic heterocycles. The number of likely N-dealkylation sites (tertiary alicyclic amines) is 1. The molecule has 3 rings (SSSR count). The zero-order chi connectivity index (χ0) is 18.4. The topological polar surface area (TPSA) is 40.1 Å². The average Bonchev–Trinajstić information content (AvgIpc) is 3.15. The fraction of sp³-hybridized carbons (Fsp3) is 0.650. The van der Waals surface area contributed by atoms with Crippen molar-refractivity contribution in [2.45, 2.75) is 38.4 Å². The van der Waals surface area contributed by atoms with Crippen LogP contribution in [0, 0.1) is 5.82 Å². The molecule has 2 saturated heterocycles. The lowest BCUT2D eigenvalue weighted by atomic mass is 10.1. The molecule has 2 heterocycles. The fourth-order valence-corrected chi connectivity index (χ4v) is 3.83. The Morgan fingerprint density at radius 3 is 2.59 bits per heavy atom. The molecule has 2 fully saturated rings. The number of ether oxygens (including phenoxy) is 1. The van der Waals surface area contributed by atoms with Gasteiger partial charge in [0.2, 0.25) is 0 Å². The molecule has 2 atom stereocenters. The second-order valence-electron chi connectivity index (χ2n) is 7.27. The van der Waals surface area contributed by atoms with Crippen molar-refractivity contribution in [1.29, 1.82) is 0 Å². The van der Waals surface area contributed by atoms with Crippen LogP contribution in [-0.2, 0) is 4.74 Å². The summed E-state index contributed by atoms with van der Waals surface area (Å²) >= 11 is 0. The van der Waals surface area contributed by atoms with Crippen LogP contribution in [0.5, 0.6) is 0 Å². The van der Waals surface area contributed by atoms with Gasteiger partial charge in [0.1, 0.15) is 11.9 Å². The predicted octanol–water partition coefficient (Wildman–Crippen LogP) is 3.27. The maximum Gasteiger partial charge on any atom is 0.193 e. The summed E-state index contributed by atoms with van der Waals surface area (Å²) < 4.78 is 19.3. The third-order valence-corrected chi connectivity index (χ3v) is 5.15. The molecule has 7 heteroatoms. The summed E-state index contributed by atoms with van der Waals surface area (Å²) in [5, 5.41) is 3.50. The molecular formula is C20H32FIN4O. The SMILES string of the molecule is CN=C(NCCCN1CCCC1)N1CC(C)OC(c2ccc(F)cc2)C1.I. The molecule has 0 spiro atoms. The first kappa shape index (κ1) is 22.4. The fourth-order valence-electron chi connectivity index (χ4n) is 3.83. The number of halogens is 2. The van der Waals surface area contributed by atoms with Crippen molar-refractivity contribution in [3.8, 4) is 0 Å². The van der Waals surface area contributed by atoms with E-state index in [9.17, 15) is 4.39 Å². The van der Waals surface area contributed by atoms with Crippen molar-refractivity contribution in [3.63, 3.8) is 0 Å². The van der Waals surface area contributed by atoms with Crippen LogP contribution in [0.4, 0.5) is 4.39 Å². The van der Waals surface area contributed by atoms with Crippen molar-refractivity contribution < 1.29 is 9.13 Å². The number of aliphatic imine (C=N–C) groups is 1. The van der Waals surface area contributed by atoms with Crippen LogP contribution in [0.1, 0.15) is 37.9 Å². The van der Waals surface area contributed by atoms with Gasteiger partial charge in [0.15, 0.2) is 5.96 Å².